The molecule has 1 aliphatic heterocycles. The number of nitrogens with zero attached hydrogens (tertiary/aromatic N) is 7. The Morgan fingerprint density at radius 2 is 1.81 bits per heavy atom. The predicted molar refractivity (Wildman–Crippen MR) is 131 cm³/mol. The second kappa shape index (κ2) is 8.70. The van der Waals surface area contributed by atoms with Gasteiger partial charge >= 0.3 is 0 Å². The van der Waals surface area contributed by atoms with Crippen LogP contribution in [0.2, 0.25) is 0 Å². The Morgan fingerprint density at radius 3 is 2.50 bits per heavy atom. The predicted octanol–water partition coefficient (Wildman–Crippen LogP) is 4.73. The largest absolute Gasteiger partial charge is 0.367 e. The molecule has 0 amide bonds. The van der Waals surface area contributed by atoms with E-state index in [4.69, 9.17) is 4.74 Å². The van der Waals surface area contributed by atoms with Gasteiger partial charge in [-0.3, -0.25) is 4.68 Å². The van der Waals surface area contributed by atoms with Crippen molar-refractivity contribution in [2.45, 2.75) is 38.0 Å². The van der Waals surface area contributed by atoms with Crippen molar-refractivity contribution in [2.75, 3.05) is 37.0 Å². The van der Waals surface area contributed by atoms with Gasteiger partial charge in [-0.2, -0.15) is 15.1 Å². The molecule has 36 heavy (non-hydrogen) atoms. The van der Waals surface area contributed by atoms with Gasteiger partial charge in [0.15, 0.2) is 10.8 Å². The highest BCUT2D eigenvalue weighted by molar-refractivity contribution is 7.22. The standard InChI is InChI=1S/C24H24F3N7OS/c1-12-9-33(11-18(35-12)13-8-28-34(10-13)15-4-5-15)23-29-20(19-16(26)6-14(25)7-17(19)27)21-22(30-23)31-24(36-21)32(2)3/h6-8,10,12,15,18H,4-5,9,11H2,1-3H3/t12-,18+/m0/s1. The summed E-state index contributed by atoms with van der Waals surface area (Å²) in [6, 6.07) is 1.77. The van der Waals surface area contributed by atoms with Gasteiger partial charge in [-0.25, -0.2) is 18.2 Å². The van der Waals surface area contributed by atoms with Crippen molar-refractivity contribution in [3.8, 4) is 11.3 Å². The van der Waals surface area contributed by atoms with Gasteiger partial charge in [-0.1, -0.05) is 11.3 Å². The van der Waals surface area contributed by atoms with Crippen molar-refractivity contribution in [3.63, 3.8) is 0 Å². The molecule has 1 aliphatic carbocycles. The molecule has 3 aromatic heterocycles. The monoisotopic (exact) mass is 515 g/mol. The topological polar surface area (TPSA) is 72.2 Å². The zero-order chi connectivity index (χ0) is 25.1. The minimum absolute atomic E-state index is 0.0489. The second-order valence-corrected chi connectivity index (χ2v) is 10.5. The summed E-state index contributed by atoms with van der Waals surface area (Å²) in [5.41, 5.74) is 0.929. The average Bonchev–Trinajstić information content (AvgIpc) is 3.37. The van der Waals surface area contributed by atoms with Crippen LogP contribution in [0.4, 0.5) is 24.3 Å². The average molecular weight is 516 g/mol. The highest BCUT2D eigenvalue weighted by Crippen LogP contribution is 2.39. The van der Waals surface area contributed by atoms with E-state index in [0.717, 1.165) is 18.4 Å². The van der Waals surface area contributed by atoms with E-state index in [9.17, 15) is 13.2 Å². The fourth-order valence-electron chi connectivity index (χ4n) is 4.43. The maximum absolute atomic E-state index is 14.9. The first-order valence-electron chi connectivity index (χ1n) is 11.7. The summed E-state index contributed by atoms with van der Waals surface area (Å²) in [7, 11) is 3.64. The van der Waals surface area contributed by atoms with Crippen molar-refractivity contribution in [2.24, 2.45) is 0 Å². The first-order chi connectivity index (χ1) is 17.3. The van der Waals surface area contributed by atoms with Crippen LogP contribution in [0, 0.1) is 17.5 Å². The van der Waals surface area contributed by atoms with Crippen LogP contribution in [-0.4, -0.2) is 58.0 Å². The number of hydrogen-bond acceptors (Lipinski definition) is 8. The maximum Gasteiger partial charge on any atom is 0.228 e. The van der Waals surface area contributed by atoms with Gasteiger partial charge in [0, 0.05) is 44.5 Å². The first kappa shape index (κ1) is 23.2. The van der Waals surface area contributed by atoms with E-state index >= 15 is 0 Å². The number of aromatic nitrogens is 5. The smallest absolute Gasteiger partial charge is 0.228 e. The summed E-state index contributed by atoms with van der Waals surface area (Å²) in [5.74, 6) is -2.77. The summed E-state index contributed by atoms with van der Waals surface area (Å²) >= 11 is 1.22. The van der Waals surface area contributed by atoms with Gasteiger partial charge in [-0.05, 0) is 19.8 Å². The van der Waals surface area contributed by atoms with Gasteiger partial charge in [0.25, 0.3) is 0 Å². The summed E-state index contributed by atoms with van der Waals surface area (Å²) in [4.78, 5) is 17.6. The number of hydrogen-bond donors (Lipinski definition) is 0. The third-order valence-corrected chi connectivity index (χ3v) is 7.53. The molecular weight excluding hydrogens is 491 g/mol. The van der Waals surface area contributed by atoms with Crippen LogP contribution in [0.3, 0.4) is 0 Å². The van der Waals surface area contributed by atoms with E-state index in [0.29, 0.717) is 46.7 Å². The number of ether oxygens (including phenoxy) is 1. The van der Waals surface area contributed by atoms with Crippen LogP contribution in [0.5, 0.6) is 0 Å². The Morgan fingerprint density at radius 1 is 1.06 bits per heavy atom. The van der Waals surface area contributed by atoms with E-state index in [1.165, 1.54) is 11.3 Å². The molecule has 2 aliphatic rings. The molecule has 0 radical (unpaired) electrons. The molecule has 0 bridgehead atoms. The quantitative estimate of drug-likeness (QED) is 0.380. The van der Waals surface area contributed by atoms with Crippen LogP contribution < -0.4 is 9.80 Å². The molecule has 1 saturated heterocycles. The van der Waals surface area contributed by atoms with Crippen molar-refractivity contribution in [3.05, 3.63) is 47.5 Å². The molecule has 2 atom stereocenters. The highest BCUT2D eigenvalue weighted by Gasteiger charge is 2.32. The van der Waals surface area contributed by atoms with E-state index in [2.05, 4.69) is 20.1 Å². The second-order valence-electron chi connectivity index (χ2n) is 9.49. The number of anilines is 2. The van der Waals surface area contributed by atoms with Crippen LogP contribution in [-0.2, 0) is 4.74 Å². The number of benzene rings is 1. The number of rotatable bonds is 5. The molecule has 0 N–H and O–H groups in total. The van der Waals surface area contributed by atoms with Crippen LogP contribution in [0.15, 0.2) is 24.5 Å². The van der Waals surface area contributed by atoms with Gasteiger partial charge < -0.3 is 14.5 Å². The van der Waals surface area contributed by atoms with Gasteiger partial charge in [0.1, 0.15) is 33.9 Å². The molecule has 4 aromatic rings. The minimum Gasteiger partial charge on any atom is -0.367 e. The molecule has 6 rings (SSSR count). The SMILES string of the molecule is C[C@H]1CN(c2nc(-c3c(F)cc(F)cc3F)c3sc(N(C)C)nc3n2)C[C@H](c2cnn(C3CC3)c2)O1. The summed E-state index contributed by atoms with van der Waals surface area (Å²) in [6.45, 7) is 2.87. The van der Waals surface area contributed by atoms with Crippen molar-refractivity contribution < 1.29 is 17.9 Å². The third-order valence-electron chi connectivity index (χ3n) is 6.31. The summed E-state index contributed by atoms with van der Waals surface area (Å²) in [6.07, 6.45) is 5.68. The van der Waals surface area contributed by atoms with Gasteiger partial charge in [-0.15, -0.1) is 0 Å². The molecule has 1 saturated carbocycles. The lowest BCUT2D eigenvalue weighted by Gasteiger charge is -2.36. The number of morpholine rings is 1. The van der Waals surface area contributed by atoms with Crippen molar-refractivity contribution in [1.29, 1.82) is 0 Å². The van der Waals surface area contributed by atoms with Gasteiger partial charge in [0.2, 0.25) is 5.95 Å². The van der Waals surface area contributed by atoms with Crippen LogP contribution in [0.1, 0.15) is 37.5 Å². The molecule has 8 nitrogen and oxygen atoms in total. The molecule has 0 spiro atoms. The first-order valence-corrected chi connectivity index (χ1v) is 12.5. The molecule has 4 heterocycles. The lowest BCUT2D eigenvalue weighted by atomic mass is 10.1. The Labute approximate surface area is 209 Å². The zero-order valence-electron chi connectivity index (χ0n) is 20.0. The van der Waals surface area contributed by atoms with E-state index in [1.54, 1.807) is 4.90 Å². The lowest BCUT2D eigenvalue weighted by Crippen LogP contribution is -2.43. The van der Waals surface area contributed by atoms with Crippen molar-refractivity contribution >= 4 is 32.8 Å². The van der Waals surface area contributed by atoms with E-state index in [-0.39, 0.29) is 23.9 Å². The third kappa shape index (κ3) is 4.17. The molecule has 12 heteroatoms. The maximum atomic E-state index is 14.9. The summed E-state index contributed by atoms with van der Waals surface area (Å²) < 4.78 is 52.0. The Bertz CT molecular complexity index is 1430. The number of thiazole rings is 1. The van der Waals surface area contributed by atoms with E-state index < -0.39 is 23.0 Å². The van der Waals surface area contributed by atoms with Gasteiger partial charge in [0.05, 0.1) is 30.5 Å². The molecular formula is C24H24F3N7OS. The molecule has 2 fully saturated rings. The Hall–Kier alpha value is -3.25. The number of halogens is 3. The molecule has 188 valence electrons. The summed E-state index contributed by atoms with van der Waals surface area (Å²) in [5, 5.41) is 5.09. The highest BCUT2D eigenvalue weighted by atomic mass is 32.1. The lowest BCUT2D eigenvalue weighted by molar-refractivity contribution is -0.0178. The molecule has 1 aromatic carbocycles. The minimum atomic E-state index is -1.03. The van der Waals surface area contributed by atoms with Crippen LogP contribution >= 0.6 is 11.3 Å². The molecule has 0 unspecified atom stereocenters. The zero-order valence-corrected chi connectivity index (χ0v) is 20.8. The Balaban J connectivity index is 1.44. The van der Waals surface area contributed by atoms with Crippen molar-refractivity contribution in [1.82, 2.24) is 24.7 Å². The normalized spacial score (nSPS) is 20.3. The fraction of sp³-hybridized carbons (Fsp3) is 0.417. The number of fused-ring (bicyclic) bond motifs is 1. The van der Waals surface area contributed by atoms with Crippen LogP contribution in [0.25, 0.3) is 21.6 Å². The fourth-order valence-corrected chi connectivity index (χ4v) is 5.35. The Kier molecular flexibility index (Phi) is 5.60. The van der Waals surface area contributed by atoms with E-state index in [1.807, 2.05) is 43.0 Å².